The lowest BCUT2D eigenvalue weighted by molar-refractivity contribution is -0.143. The number of carbonyl (C=O) groups is 2. The number of amides is 1. The Morgan fingerprint density at radius 1 is 0.964 bits per heavy atom. The minimum Gasteiger partial charge on any atom is -0.480 e. The van der Waals surface area contributed by atoms with Crippen molar-refractivity contribution in [1.82, 2.24) is 5.32 Å². The molecule has 3 aromatic carbocycles. The highest BCUT2D eigenvalue weighted by Gasteiger charge is 2.26. The number of aliphatic hydroxyl groups is 1. The van der Waals surface area contributed by atoms with Crippen molar-refractivity contribution in [2.24, 2.45) is 5.92 Å². The van der Waals surface area contributed by atoms with Gasteiger partial charge in [0.2, 0.25) is 5.91 Å². The molecule has 3 N–H and O–H groups in total. The van der Waals surface area contributed by atoms with Crippen molar-refractivity contribution in [2.45, 2.75) is 38.8 Å². The highest BCUT2D eigenvalue weighted by Crippen LogP contribution is 2.29. The number of rotatable bonds is 7. The summed E-state index contributed by atoms with van der Waals surface area (Å²) in [7, 11) is 0. The lowest BCUT2D eigenvalue weighted by Crippen LogP contribution is -2.47. The summed E-state index contributed by atoms with van der Waals surface area (Å²) in [6.45, 7) is 3.79. The number of carbonyl (C=O) groups excluding carboxylic acids is 1. The average molecular weight is 379 g/mol. The lowest BCUT2D eigenvalue weighted by atomic mass is 9.92. The van der Waals surface area contributed by atoms with E-state index in [2.05, 4.69) is 11.4 Å². The fraction of sp³-hybridized carbons (Fsp3) is 0.304. The largest absolute Gasteiger partial charge is 0.480 e. The molecule has 0 aliphatic heterocycles. The first kappa shape index (κ1) is 19.8. The van der Waals surface area contributed by atoms with Gasteiger partial charge < -0.3 is 15.5 Å². The third-order valence-corrected chi connectivity index (χ3v) is 4.90. The molecular formula is C23H25NO4. The molecule has 1 amide bonds. The van der Waals surface area contributed by atoms with E-state index in [4.69, 9.17) is 0 Å². The number of fused-ring (bicyclic) bond motifs is 2. The van der Waals surface area contributed by atoms with Crippen LogP contribution in [0, 0.1) is 5.92 Å². The van der Waals surface area contributed by atoms with Gasteiger partial charge in [0.15, 0.2) is 0 Å². The van der Waals surface area contributed by atoms with Crippen molar-refractivity contribution in [3.63, 3.8) is 0 Å². The highest BCUT2D eigenvalue weighted by atomic mass is 16.4. The number of aliphatic hydroxyl groups excluding tert-OH is 1. The molecule has 2 atom stereocenters. The Hall–Kier alpha value is -2.92. The third kappa shape index (κ3) is 4.31. The molecule has 0 spiro atoms. The molecule has 0 radical (unpaired) electrons. The van der Waals surface area contributed by atoms with Crippen LogP contribution in [-0.2, 0) is 16.0 Å². The smallest absolute Gasteiger partial charge is 0.326 e. The Kier molecular flexibility index (Phi) is 5.95. The zero-order valence-electron chi connectivity index (χ0n) is 16.1. The zero-order valence-corrected chi connectivity index (χ0v) is 16.1. The second-order valence-corrected chi connectivity index (χ2v) is 7.55. The second kappa shape index (κ2) is 8.40. The summed E-state index contributed by atoms with van der Waals surface area (Å²) in [5.74, 6) is -1.64. The van der Waals surface area contributed by atoms with Crippen LogP contribution in [0.15, 0.2) is 54.6 Å². The van der Waals surface area contributed by atoms with Gasteiger partial charge in [-0.15, -0.1) is 0 Å². The van der Waals surface area contributed by atoms with Crippen molar-refractivity contribution in [3.05, 3.63) is 60.2 Å². The van der Waals surface area contributed by atoms with E-state index in [1.165, 1.54) is 0 Å². The van der Waals surface area contributed by atoms with Crippen LogP contribution in [0.2, 0.25) is 0 Å². The molecule has 0 fully saturated rings. The Balaban J connectivity index is 1.98. The van der Waals surface area contributed by atoms with Crippen LogP contribution in [0.1, 0.15) is 25.8 Å². The van der Waals surface area contributed by atoms with Gasteiger partial charge in [-0.05, 0) is 45.5 Å². The van der Waals surface area contributed by atoms with Crippen LogP contribution >= 0.6 is 0 Å². The van der Waals surface area contributed by atoms with Gasteiger partial charge >= 0.3 is 5.97 Å². The zero-order chi connectivity index (χ0) is 20.3. The Morgan fingerprint density at radius 3 is 2.00 bits per heavy atom. The SMILES string of the molecule is CC(C)C[C@@H](O)C(=O)N[C@@H](Cc1c2ccccc2cc2ccccc12)C(=O)O. The van der Waals surface area contributed by atoms with Crippen molar-refractivity contribution >= 4 is 33.4 Å². The first-order chi connectivity index (χ1) is 13.4. The minimum atomic E-state index is -1.22. The molecule has 0 aromatic heterocycles. The summed E-state index contributed by atoms with van der Waals surface area (Å²) in [5, 5.41) is 26.2. The summed E-state index contributed by atoms with van der Waals surface area (Å²) in [6, 6.07) is 16.6. The van der Waals surface area contributed by atoms with Gasteiger partial charge in [-0.25, -0.2) is 4.79 Å². The Labute approximate surface area is 164 Å². The lowest BCUT2D eigenvalue weighted by Gasteiger charge is -2.20. The van der Waals surface area contributed by atoms with Gasteiger partial charge in [0, 0.05) is 6.42 Å². The number of carboxylic acids is 1. The molecule has 146 valence electrons. The molecule has 0 heterocycles. The number of hydrogen-bond acceptors (Lipinski definition) is 3. The maximum absolute atomic E-state index is 12.3. The number of hydrogen-bond donors (Lipinski definition) is 3. The van der Waals surface area contributed by atoms with Gasteiger partial charge in [0.25, 0.3) is 0 Å². The predicted octanol–water partition coefficient (Wildman–Crippen LogP) is 3.51. The van der Waals surface area contributed by atoms with Crippen LogP contribution in [0.4, 0.5) is 0 Å². The fourth-order valence-electron chi connectivity index (χ4n) is 3.55. The van der Waals surface area contributed by atoms with E-state index in [0.717, 1.165) is 27.1 Å². The molecule has 28 heavy (non-hydrogen) atoms. The standard InChI is InChI=1S/C23H25NO4/c1-14(2)11-21(25)22(26)24-20(23(27)28)13-19-17-9-5-3-7-15(17)12-16-8-4-6-10-18(16)19/h3-10,12,14,20-21,25H,11,13H2,1-2H3,(H,24,26)(H,27,28)/t20-,21+/m0/s1. The second-order valence-electron chi connectivity index (χ2n) is 7.55. The quantitative estimate of drug-likeness (QED) is 0.548. The van der Waals surface area contributed by atoms with Crippen LogP contribution in [0.25, 0.3) is 21.5 Å². The van der Waals surface area contributed by atoms with E-state index in [1.807, 2.05) is 62.4 Å². The number of benzene rings is 3. The van der Waals surface area contributed by atoms with Crippen molar-refractivity contribution < 1.29 is 19.8 Å². The van der Waals surface area contributed by atoms with E-state index >= 15 is 0 Å². The van der Waals surface area contributed by atoms with Crippen molar-refractivity contribution in [3.8, 4) is 0 Å². The maximum atomic E-state index is 12.3. The summed E-state index contributed by atoms with van der Waals surface area (Å²) in [5.41, 5.74) is 0.875. The molecular weight excluding hydrogens is 354 g/mol. The molecule has 3 aromatic rings. The van der Waals surface area contributed by atoms with E-state index in [0.29, 0.717) is 0 Å². The number of nitrogens with one attached hydrogen (secondary N) is 1. The van der Waals surface area contributed by atoms with Gasteiger partial charge in [-0.2, -0.15) is 0 Å². The molecule has 3 rings (SSSR count). The molecule has 0 saturated carbocycles. The molecule has 5 heteroatoms. The molecule has 5 nitrogen and oxygen atoms in total. The topological polar surface area (TPSA) is 86.6 Å². The van der Waals surface area contributed by atoms with Gasteiger partial charge in [-0.1, -0.05) is 62.4 Å². The third-order valence-electron chi connectivity index (χ3n) is 4.90. The summed E-state index contributed by atoms with van der Waals surface area (Å²) >= 11 is 0. The molecule has 0 aliphatic rings. The first-order valence-electron chi connectivity index (χ1n) is 9.47. The molecule has 0 aliphatic carbocycles. The summed E-state index contributed by atoms with van der Waals surface area (Å²) in [4.78, 5) is 24.1. The number of carboxylic acid groups (broad SMARTS) is 1. The van der Waals surface area contributed by atoms with E-state index in [1.54, 1.807) is 0 Å². The van der Waals surface area contributed by atoms with Crippen LogP contribution in [-0.4, -0.2) is 34.2 Å². The van der Waals surface area contributed by atoms with Gasteiger partial charge in [-0.3, -0.25) is 4.79 Å². The Morgan fingerprint density at radius 2 is 1.50 bits per heavy atom. The Bertz CT molecular complexity index is 958. The molecule has 0 unspecified atom stereocenters. The average Bonchev–Trinajstić information content (AvgIpc) is 2.66. The predicted molar refractivity (Wildman–Crippen MR) is 110 cm³/mol. The van der Waals surface area contributed by atoms with Crippen molar-refractivity contribution in [1.29, 1.82) is 0 Å². The normalized spacial score (nSPS) is 13.6. The van der Waals surface area contributed by atoms with Crippen molar-refractivity contribution in [2.75, 3.05) is 0 Å². The van der Waals surface area contributed by atoms with Crippen LogP contribution in [0.5, 0.6) is 0 Å². The monoisotopic (exact) mass is 379 g/mol. The molecule has 0 saturated heterocycles. The summed E-state index contributed by atoms with van der Waals surface area (Å²) in [6.07, 6.45) is -0.793. The highest BCUT2D eigenvalue weighted by molar-refractivity contribution is 6.02. The molecule has 0 bridgehead atoms. The van der Waals surface area contributed by atoms with E-state index in [-0.39, 0.29) is 18.8 Å². The van der Waals surface area contributed by atoms with Gasteiger partial charge in [0.1, 0.15) is 12.1 Å². The number of aliphatic carboxylic acids is 1. The van der Waals surface area contributed by atoms with Crippen LogP contribution in [0.3, 0.4) is 0 Å². The van der Waals surface area contributed by atoms with E-state index in [9.17, 15) is 19.8 Å². The van der Waals surface area contributed by atoms with Crippen LogP contribution < -0.4 is 5.32 Å². The maximum Gasteiger partial charge on any atom is 0.326 e. The minimum absolute atomic E-state index is 0.131. The fourth-order valence-corrected chi connectivity index (χ4v) is 3.55. The van der Waals surface area contributed by atoms with E-state index < -0.39 is 24.0 Å². The van der Waals surface area contributed by atoms with Gasteiger partial charge in [0.05, 0.1) is 0 Å². The first-order valence-corrected chi connectivity index (χ1v) is 9.47. The summed E-state index contributed by atoms with van der Waals surface area (Å²) < 4.78 is 0.